The molecule has 1 aliphatic rings. The van der Waals surface area contributed by atoms with Crippen molar-refractivity contribution in [1.29, 1.82) is 0 Å². The molecule has 2 aromatic rings. The molecule has 2 aromatic heterocycles. The van der Waals surface area contributed by atoms with Crippen LogP contribution in [0, 0.1) is 0 Å². The number of rotatable bonds is 7. The Morgan fingerprint density at radius 2 is 2.04 bits per heavy atom. The molecule has 0 radical (unpaired) electrons. The number of anilines is 2. The molecule has 1 N–H and O–H groups in total. The Bertz CT molecular complexity index is 699. The molecule has 3 rings (SSSR count). The maximum Gasteiger partial charge on any atom is 0.250 e. The quantitative estimate of drug-likeness (QED) is 0.775. The molecule has 1 fully saturated rings. The summed E-state index contributed by atoms with van der Waals surface area (Å²) >= 11 is 1.99. The van der Waals surface area contributed by atoms with Crippen LogP contribution < -0.4 is 15.8 Å². The minimum absolute atomic E-state index is 0.0607. The van der Waals surface area contributed by atoms with E-state index in [0.717, 1.165) is 62.2 Å². The van der Waals surface area contributed by atoms with Crippen molar-refractivity contribution >= 4 is 23.4 Å². The van der Waals surface area contributed by atoms with Gasteiger partial charge in [-0.05, 0) is 18.9 Å². The Kier molecular flexibility index (Phi) is 6.12. The molecular formula is C17H23N5OS. The van der Waals surface area contributed by atoms with E-state index in [1.807, 2.05) is 30.1 Å². The molecule has 0 aliphatic carbocycles. The number of aromatic nitrogens is 3. The van der Waals surface area contributed by atoms with Gasteiger partial charge in [0.2, 0.25) is 5.56 Å². The number of hydrogen-bond donors (Lipinski definition) is 1. The third-order valence-electron chi connectivity index (χ3n) is 4.02. The van der Waals surface area contributed by atoms with Crippen LogP contribution in [0.15, 0.2) is 41.6 Å². The predicted molar refractivity (Wildman–Crippen MR) is 100.0 cm³/mol. The first-order valence-corrected chi connectivity index (χ1v) is 9.52. The van der Waals surface area contributed by atoms with Gasteiger partial charge in [-0.3, -0.25) is 4.79 Å². The molecule has 0 atom stereocenters. The summed E-state index contributed by atoms with van der Waals surface area (Å²) < 4.78 is 1.75. The van der Waals surface area contributed by atoms with E-state index in [-0.39, 0.29) is 5.56 Å². The SMILES string of the molecule is O=c1ccccn1CCCCNc1cc(N2CCSCC2)ncn1. The van der Waals surface area contributed by atoms with E-state index >= 15 is 0 Å². The zero-order valence-electron chi connectivity index (χ0n) is 13.7. The molecule has 1 aliphatic heterocycles. The molecule has 0 spiro atoms. The molecule has 7 heteroatoms. The second-order valence-electron chi connectivity index (χ2n) is 5.73. The van der Waals surface area contributed by atoms with Crippen LogP contribution in [0.2, 0.25) is 0 Å². The van der Waals surface area contributed by atoms with Gasteiger partial charge in [-0.25, -0.2) is 9.97 Å². The molecule has 24 heavy (non-hydrogen) atoms. The van der Waals surface area contributed by atoms with Gasteiger partial charge in [0.05, 0.1) is 0 Å². The van der Waals surface area contributed by atoms with E-state index in [2.05, 4.69) is 20.2 Å². The summed E-state index contributed by atoms with van der Waals surface area (Å²) in [7, 11) is 0. The maximum absolute atomic E-state index is 11.6. The summed E-state index contributed by atoms with van der Waals surface area (Å²) in [5.74, 6) is 4.19. The highest BCUT2D eigenvalue weighted by atomic mass is 32.2. The van der Waals surface area contributed by atoms with Crippen LogP contribution in [0.3, 0.4) is 0 Å². The number of hydrogen-bond acceptors (Lipinski definition) is 6. The topological polar surface area (TPSA) is 63.1 Å². The Balaban J connectivity index is 1.43. The molecule has 0 bridgehead atoms. The van der Waals surface area contributed by atoms with Crippen molar-refractivity contribution in [2.45, 2.75) is 19.4 Å². The number of unbranched alkanes of at least 4 members (excludes halogenated alkanes) is 1. The lowest BCUT2D eigenvalue weighted by Crippen LogP contribution is -2.33. The van der Waals surface area contributed by atoms with Crippen LogP contribution in [0.4, 0.5) is 11.6 Å². The number of nitrogens with one attached hydrogen (secondary N) is 1. The number of nitrogens with zero attached hydrogens (tertiary/aromatic N) is 4. The molecule has 3 heterocycles. The average Bonchev–Trinajstić information content (AvgIpc) is 2.64. The third-order valence-corrected chi connectivity index (χ3v) is 4.96. The lowest BCUT2D eigenvalue weighted by Gasteiger charge is -2.27. The molecule has 0 aromatic carbocycles. The minimum Gasteiger partial charge on any atom is -0.370 e. The van der Waals surface area contributed by atoms with Crippen LogP contribution >= 0.6 is 11.8 Å². The van der Waals surface area contributed by atoms with Gasteiger partial charge in [0.15, 0.2) is 0 Å². The van der Waals surface area contributed by atoms with E-state index in [9.17, 15) is 4.79 Å². The molecule has 0 saturated carbocycles. The Morgan fingerprint density at radius 3 is 2.88 bits per heavy atom. The first-order chi connectivity index (χ1) is 11.8. The van der Waals surface area contributed by atoms with Crippen molar-refractivity contribution in [3.05, 3.63) is 47.1 Å². The van der Waals surface area contributed by atoms with E-state index in [4.69, 9.17) is 0 Å². The largest absolute Gasteiger partial charge is 0.370 e. The summed E-state index contributed by atoms with van der Waals surface area (Å²) in [5, 5.41) is 3.35. The zero-order chi connectivity index (χ0) is 16.6. The number of pyridine rings is 1. The van der Waals surface area contributed by atoms with Gasteiger partial charge in [-0.15, -0.1) is 0 Å². The summed E-state index contributed by atoms with van der Waals surface area (Å²) in [4.78, 5) is 22.6. The van der Waals surface area contributed by atoms with Crippen LogP contribution in [0.1, 0.15) is 12.8 Å². The van der Waals surface area contributed by atoms with Crippen molar-refractivity contribution in [2.75, 3.05) is 41.4 Å². The molecule has 128 valence electrons. The lowest BCUT2D eigenvalue weighted by molar-refractivity contribution is 0.604. The fourth-order valence-electron chi connectivity index (χ4n) is 2.68. The second-order valence-corrected chi connectivity index (χ2v) is 6.95. The van der Waals surface area contributed by atoms with Crippen molar-refractivity contribution in [1.82, 2.24) is 14.5 Å². The first-order valence-electron chi connectivity index (χ1n) is 8.37. The van der Waals surface area contributed by atoms with Crippen LogP contribution in [-0.2, 0) is 6.54 Å². The van der Waals surface area contributed by atoms with Crippen molar-refractivity contribution < 1.29 is 0 Å². The third kappa shape index (κ3) is 4.74. The lowest BCUT2D eigenvalue weighted by atomic mass is 10.3. The standard InChI is InChI=1S/C17H23N5OS/c23-17-5-1-3-7-22(17)8-4-2-6-18-15-13-16(20-14-19-15)21-9-11-24-12-10-21/h1,3,5,7,13-14H,2,4,6,8-12H2,(H,18,19,20). The van der Waals surface area contributed by atoms with Crippen LogP contribution in [-0.4, -0.2) is 45.7 Å². The van der Waals surface area contributed by atoms with Crippen molar-refractivity contribution in [2.24, 2.45) is 0 Å². The number of aryl methyl sites for hydroxylation is 1. The normalized spacial score (nSPS) is 14.6. The average molecular weight is 345 g/mol. The van der Waals surface area contributed by atoms with E-state index in [1.165, 1.54) is 0 Å². The Morgan fingerprint density at radius 1 is 1.17 bits per heavy atom. The molecular weight excluding hydrogens is 322 g/mol. The fourth-order valence-corrected chi connectivity index (χ4v) is 3.58. The number of thioether (sulfide) groups is 1. The predicted octanol–water partition coefficient (Wildman–Crippen LogP) is 2.08. The second kappa shape index (κ2) is 8.73. The maximum atomic E-state index is 11.6. The van der Waals surface area contributed by atoms with Gasteiger partial charge in [-0.1, -0.05) is 6.07 Å². The smallest absolute Gasteiger partial charge is 0.250 e. The van der Waals surface area contributed by atoms with Gasteiger partial charge in [0.1, 0.15) is 18.0 Å². The highest BCUT2D eigenvalue weighted by molar-refractivity contribution is 7.99. The molecule has 1 saturated heterocycles. The van der Waals surface area contributed by atoms with Gasteiger partial charge in [0, 0.05) is 56.0 Å². The first kappa shape index (κ1) is 16.8. The summed E-state index contributed by atoms with van der Waals surface area (Å²) in [6.07, 6.45) is 5.41. The highest BCUT2D eigenvalue weighted by Crippen LogP contribution is 2.18. The zero-order valence-corrected chi connectivity index (χ0v) is 14.5. The minimum atomic E-state index is 0.0607. The Hall–Kier alpha value is -2.02. The fraction of sp³-hybridized carbons (Fsp3) is 0.471. The molecule has 6 nitrogen and oxygen atoms in total. The molecule has 0 amide bonds. The summed E-state index contributed by atoms with van der Waals surface area (Å²) in [6.45, 7) is 3.69. The van der Waals surface area contributed by atoms with Gasteiger partial charge >= 0.3 is 0 Å². The molecule has 0 unspecified atom stereocenters. The van der Waals surface area contributed by atoms with Gasteiger partial charge in [0.25, 0.3) is 0 Å². The van der Waals surface area contributed by atoms with Crippen LogP contribution in [0.25, 0.3) is 0 Å². The van der Waals surface area contributed by atoms with E-state index in [1.54, 1.807) is 23.0 Å². The van der Waals surface area contributed by atoms with Crippen molar-refractivity contribution in [3.8, 4) is 0 Å². The van der Waals surface area contributed by atoms with E-state index in [0.29, 0.717) is 0 Å². The Labute approximate surface area is 146 Å². The van der Waals surface area contributed by atoms with Gasteiger partial charge in [-0.2, -0.15) is 11.8 Å². The van der Waals surface area contributed by atoms with Gasteiger partial charge < -0.3 is 14.8 Å². The van der Waals surface area contributed by atoms with Crippen LogP contribution in [0.5, 0.6) is 0 Å². The monoisotopic (exact) mass is 345 g/mol. The van der Waals surface area contributed by atoms with Crippen molar-refractivity contribution in [3.63, 3.8) is 0 Å². The highest BCUT2D eigenvalue weighted by Gasteiger charge is 2.12. The summed E-state index contributed by atoms with van der Waals surface area (Å²) in [5.41, 5.74) is 0.0607. The summed E-state index contributed by atoms with van der Waals surface area (Å²) in [6, 6.07) is 7.28. The van der Waals surface area contributed by atoms with E-state index < -0.39 is 0 Å².